The molecule has 0 spiro atoms. The van der Waals surface area contributed by atoms with Crippen LogP contribution >= 0.6 is 0 Å². The van der Waals surface area contributed by atoms with Gasteiger partial charge in [0.15, 0.2) is 0 Å². The lowest BCUT2D eigenvalue weighted by Crippen LogP contribution is -2.14. The number of nitrogens with zero attached hydrogens (tertiary/aromatic N) is 2. The molecule has 0 radical (unpaired) electrons. The maximum absolute atomic E-state index is 12.1. The van der Waals surface area contributed by atoms with Crippen molar-refractivity contribution < 1.29 is 4.74 Å². The second-order valence-electron chi connectivity index (χ2n) is 7.69. The van der Waals surface area contributed by atoms with Crippen LogP contribution in [0.4, 0.5) is 5.95 Å². The van der Waals surface area contributed by atoms with Gasteiger partial charge in [-0.3, -0.25) is 14.8 Å². The zero-order chi connectivity index (χ0) is 22.5. The molecule has 0 saturated carbocycles. The van der Waals surface area contributed by atoms with Crippen LogP contribution in [0.3, 0.4) is 0 Å². The van der Waals surface area contributed by atoms with E-state index >= 15 is 0 Å². The van der Waals surface area contributed by atoms with Crippen LogP contribution < -0.4 is 15.6 Å². The van der Waals surface area contributed by atoms with E-state index in [4.69, 9.17) is 4.74 Å². The third-order valence-corrected chi connectivity index (χ3v) is 5.39. The van der Waals surface area contributed by atoms with Crippen molar-refractivity contribution in [1.82, 2.24) is 19.9 Å². The van der Waals surface area contributed by atoms with Crippen molar-refractivity contribution in [3.63, 3.8) is 0 Å². The number of pyridine rings is 1. The monoisotopic (exact) mass is 437 g/mol. The Morgan fingerprint density at radius 1 is 0.970 bits per heavy atom. The van der Waals surface area contributed by atoms with Crippen molar-refractivity contribution in [2.24, 2.45) is 0 Å². The first-order chi connectivity index (χ1) is 16.2. The predicted molar refractivity (Wildman–Crippen MR) is 129 cm³/mol. The smallest absolute Gasteiger partial charge is 0.252 e. The number of hydrogen-bond acceptors (Lipinski definition) is 5. The topological polar surface area (TPSA) is 95.7 Å². The fourth-order valence-corrected chi connectivity index (χ4v) is 3.72. The first kappa shape index (κ1) is 20.5. The van der Waals surface area contributed by atoms with Crippen LogP contribution in [-0.4, -0.2) is 26.5 Å². The van der Waals surface area contributed by atoms with Crippen LogP contribution in [0.15, 0.2) is 90.1 Å². The second-order valence-corrected chi connectivity index (χ2v) is 7.69. The average Bonchev–Trinajstić information content (AvgIpc) is 3.26. The summed E-state index contributed by atoms with van der Waals surface area (Å²) in [6.45, 7) is 1.14. The molecular formula is C26H23N5O2. The molecule has 0 fully saturated rings. The van der Waals surface area contributed by atoms with Crippen LogP contribution in [0.25, 0.3) is 22.2 Å². The number of aromatic amines is 2. The fourth-order valence-electron chi connectivity index (χ4n) is 3.72. The van der Waals surface area contributed by atoms with Crippen LogP contribution in [0, 0.1) is 0 Å². The lowest BCUT2D eigenvalue weighted by Gasteiger charge is -2.08. The molecule has 3 aromatic heterocycles. The molecule has 0 amide bonds. The van der Waals surface area contributed by atoms with Gasteiger partial charge in [0, 0.05) is 47.7 Å². The highest BCUT2D eigenvalue weighted by molar-refractivity contribution is 5.84. The number of ether oxygens (including phenoxy) is 1. The van der Waals surface area contributed by atoms with Gasteiger partial charge in [-0.2, -0.15) is 0 Å². The lowest BCUT2D eigenvalue weighted by molar-refractivity contribution is 0.306. The number of benzene rings is 2. The van der Waals surface area contributed by atoms with Crippen molar-refractivity contribution in [2.45, 2.75) is 13.0 Å². The number of fused-ring (bicyclic) bond motifs is 1. The van der Waals surface area contributed by atoms with Gasteiger partial charge in [0.25, 0.3) is 5.56 Å². The summed E-state index contributed by atoms with van der Waals surface area (Å²) in [7, 11) is 0. The number of hydrogen-bond donors (Lipinski definition) is 3. The highest BCUT2D eigenvalue weighted by atomic mass is 16.5. The van der Waals surface area contributed by atoms with E-state index in [1.54, 1.807) is 12.4 Å². The Hall–Kier alpha value is -4.39. The minimum atomic E-state index is -0.202. The summed E-state index contributed by atoms with van der Waals surface area (Å²) in [5.74, 6) is 1.28. The van der Waals surface area contributed by atoms with Gasteiger partial charge >= 0.3 is 0 Å². The number of anilines is 1. The van der Waals surface area contributed by atoms with E-state index in [0.29, 0.717) is 24.8 Å². The van der Waals surface area contributed by atoms with Crippen molar-refractivity contribution in [1.29, 1.82) is 0 Å². The van der Waals surface area contributed by atoms with E-state index in [1.807, 2.05) is 60.8 Å². The summed E-state index contributed by atoms with van der Waals surface area (Å²) in [6, 6.07) is 21.3. The van der Waals surface area contributed by atoms with E-state index in [9.17, 15) is 4.79 Å². The highest BCUT2D eigenvalue weighted by Crippen LogP contribution is 2.25. The first-order valence-corrected chi connectivity index (χ1v) is 10.8. The largest absolute Gasteiger partial charge is 0.489 e. The van der Waals surface area contributed by atoms with Crippen molar-refractivity contribution in [3.8, 4) is 17.0 Å². The molecule has 3 heterocycles. The molecule has 0 aliphatic carbocycles. The zero-order valence-corrected chi connectivity index (χ0v) is 17.9. The minimum Gasteiger partial charge on any atom is -0.489 e. The zero-order valence-electron chi connectivity index (χ0n) is 17.9. The third kappa shape index (κ3) is 4.93. The molecule has 0 aliphatic rings. The van der Waals surface area contributed by atoms with Crippen LogP contribution in [-0.2, 0) is 13.0 Å². The van der Waals surface area contributed by atoms with Gasteiger partial charge in [0.05, 0.1) is 5.69 Å². The summed E-state index contributed by atoms with van der Waals surface area (Å²) in [6.07, 6.45) is 6.13. The Morgan fingerprint density at radius 2 is 1.82 bits per heavy atom. The van der Waals surface area contributed by atoms with Gasteiger partial charge < -0.3 is 15.0 Å². The molecule has 3 N–H and O–H groups in total. The molecule has 7 nitrogen and oxygen atoms in total. The van der Waals surface area contributed by atoms with Crippen LogP contribution in [0.2, 0.25) is 0 Å². The molecule has 2 aromatic carbocycles. The quantitative estimate of drug-likeness (QED) is 0.331. The summed E-state index contributed by atoms with van der Waals surface area (Å²) in [4.78, 5) is 26.7. The molecule has 7 heteroatoms. The molecule has 0 saturated heterocycles. The molecule has 5 aromatic rings. The molecule has 0 unspecified atom stereocenters. The summed E-state index contributed by atoms with van der Waals surface area (Å²) in [5, 5.41) is 4.35. The lowest BCUT2D eigenvalue weighted by atomic mass is 10.1. The molecule has 164 valence electrons. The Kier molecular flexibility index (Phi) is 5.84. The number of H-pyrrole nitrogens is 2. The second kappa shape index (κ2) is 9.40. The van der Waals surface area contributed by atoms with E-state index in [1.165, 1.54) is 6.07 Å². The third-order valence-electron chi connectivity index (χ3n) is 5.39. The molecule has 0 atom stereocenters. The summed E-state index contributed by atoms with van der Waals surface area (Å²) in [5.41, 5.74) is 4.60. The fraction of sp³-hybridized carbons (Fsp3) is 0.115. The maximum atomic E-state index is 12.1. The Bertz CT molecular complexity index is 1410. The minimum absolute atomic E-state index is 0.202. The average molecular weight is 438 g/mol. The Morgan fingerprint density at radius 3 is 2.67 bits per heavy atom. The van der Waals surface area contributed by atoms with Gasteiger partial charge in [-0.25, -0.2) is 4.98 Å². The van der Waals surface area contributed by atoms with Crippen molar-refractivity contribution >= 4 is 16.9 Å². The maximum Gasteiger partial charge on any atom is 0.252 e. The molecule has 0 aliphatic heterocycles. The number of nitrogens with one attached hydrogen (secondary N) is 3. The molecule has 33 heavy (non-hydrogen) atoms. The van der Waals surface area contributed by atoms with Crippen LogP contribution in [0.1, 0.15) is 11.1 Å². The molecular weight excluding hydrogens is 414 g/mol. The van der Waals surface area contributed by atoms with E-state index in [-0.39, 0.29) is 5.56 Å². The van der Waals surface area contributed by atoms with Gasteiger partial charge in [-0.05, 0) is 47.9 Å². The van der Waals surface area contributed by atoms with Gasteiger partial charge in [-0.1, -0.05) is 30.3 Å². The number of rotatable bonds is 8. The van der Waals surface area contributed by atoms with Gasteiger partial charge in [0.2, 0.25) is 5.95 Å². The molecule has 5 rings (SSSR count). The summed E-state index contributed by atoms with van der Waals surface area (Å²) >= 11 is 0. The Balaban J connectivity index is 1.26. The Labute approximate surface area is 190 Å². The standard InChI is InChI=1S/C26H23N5O2/c32-25-15-24(19-8-11-27-12-9-19)30-26(31-25)28-13-10-20-16-29-23-7-6-21(14-22(20)23)33-17-18-4-2-1-3-5-18/h1-9,11-12,14-16,29H,10,13,17H2,(H2,28,30,31,32). The predicted octanol–water partition coefficient (Wildman–Crippen LogP) is 4.55. The van der Waals surface area contributed by atoms with Gasteiger partial charge in [-0.15, -0.1) is 0 Å². The van der Waals surface area contributed by atoms with E-state index in [0.717, 1.165) is 39.8 Å². The SMILES string of the molecule is O=c1cc(-c2ccncc2)nc(NCCc2c[nH]c3ccc(OCc4ccccc4)cc23)[nH]1. The first-order valence-electron chi connectivity index (χ1n) is 10.8. The molecule has 0 bridgehead atoms. The van der Waals surface area contributed by atoms with E-state index < -0.39 is 0 Å². The normalized spacial score (nSPS) is 10.9. The highest BCUT2D eigenvalue weighted by Gasteiger charge is 2.08. The van der Waals surface area contributed by atoms with E-state index in [2.05, 4.69) is 31.3 Å². The number of aromatic nitrogens is 4. The summed E-state index contributed by atoms with van der Waals surface area (Å²) < 4.78 is 5.98. The van der Waals surface area contributed by atoms with Gasteiger partial charge in [0.1, 0.15) is 12.4 Å². The van der Waals surface area contributed by atoms with Crippen molar-refractivity contribution in [2.75, 3.05) is 11.9 Å². The van der Waals surface area contributed by atoms with Crippen LogP contribution in [0.5, 0.6) is 5.75 Å². The van der Waals surface area contributed by atoms with Crippen molar-refractivity contribution in [3.05, 3.63) is 107 Å².